The van der Waals surface area contributed by atoms with Crippen molar-refractivity contribution in [2.45, 2.75) is 69.7 Å². The van der Waals surface area contributed by atoms with Crippen molar-refractivity contribution in [3.63, 3.8) is 0 Å². The molecule has 15 heteroatoms. The minimum Gasteiger partial charge on any atom is -0.459 e. The third-order valence-corrected chi connectivity index (χ3v) is 7.90. The Morgan fingerprint density at radius 1 is 1.17 bits per heavy atom. The van der Waals surface area contributed by atoms with Crippen LogP contribution in [0.3, 0.4) is 0 Å². The molecule has 1 heterocycles. The number of hydrogen-bond donors (Lipinski definition) is 1. The Hall–Kier alpha value is -2.39. The summed E-state index contributed by atoms with van der Waals surface area (Å²) < 4.78 is 82.1. The standard InChI is InChI=1S/C21H28F2O12S/c1-5-20(3,4)35-19(27)15-11-6-10-14(15)18(26)34-17(10)16(11)33-13(25)8-31-7-12(24)32-9(2)21(22,23)36(28,29)30/h9-11,14-17H,5-8H2,1-4H3,(H,28,29,30). The number of rotatable bonds is 11. The Labute approximate surface area is 205 Å². The maximum absolute atomic E-state index is 13.4. The van der Waals surface area contributed by atoms with E-state index in [-0.39, 0.29) is 5.92 Å². The number of alkyl halides is 2. The van der Waals surface area contributed by atoms with Crippen molar-refractivity contribution in [3.8, 4) is 0 Å². The zero-order valence-electron chi connectivity index (χ0n) is 20.0. The Morgan fingerprint density at radius 2 is 1.78 bits per heavy atom. The topological polar surface area (TPSA) is 169 Å². The molecule has 3 rings (SSSR count). The van der Waals surface area contributed by atoms with Crippen LogP contribution in [0.5, 0.6) is 0 Å². The van der Waals surface area contributed by atoms with E-state index >= 15 is 0 Å². The average Bonchev–Trinajstić information content (AvgIpc) is 3.36. The summed E-state index contributed by atoms with van der Waals surface area (Å²) in [4.78, 5) is 49.2. The van der Waals surface area contributed by atoms with Gasteiger partial charge in [-0.2, -0.15) is 17.2 Å². The second kappa shape index (κ2) is 9.82. The first-order valence-electron chi connectivity index (χ1n) is 11.2. The van der Waals surface area contributed by atoms with Gasteiger partial charge in [0.05, 0.1) is 11.8 Å². The summed E-state index contributed by atoms with van der Waals surface area (Å²) in [5.41, 5.74) is -0.752. The summed E-state index contributed by atoms with van der Waals surface area (Å²) >= 11 is 0. The van der Waals surface area contributed by atoms with Gasteiger partial charge in [-0.1, -0.05) is 6.92 Å². The minimum absolute atomic E-state index is 0.315. The number of ether oxygens (including phenoxy) is 5. The van der Waals surface area contributed by atoms with Crippen LogP contribution in [0.4, 0.5) is 8.78 Å². The summed E-state index contributed by atoms with van der Waals surface area (Å²) in [6, 6.07) is 0. The van der Waals surface area contributed by atoms with Crippen LogP contribution in [-0.2, 0) is 53.0 Å². The Balaban J connectivity index is 1.54. The van der Waals surface area contributed by atoms with Gasteiger partial charge in [-0.3, -0.25) is 14.1 Å². The van der Waals surface area contributed by atoms with Crippen LogP contribution in [0.25, 0.3) is 0 Å². The molecule has 1 N–H and O–H groups in total. The highest BCUT2D eigenvalue weighted by molar-refractivity contribution is 7.86. The SMILES string of the molecule is CCC(C)(C)OC(=O)C1C2CC3C(OC(=O)C31)C2OC(=O)COCC(=O)OC(C)C(F)(F)S(=O)(=O)O. The Kier molecular flexibility index (Phi) is 7.69. The number of carbonyl (C=O) groups excluding carboxylic acids is 4. The van der Waals surface area contributed by atoms with Gasteiger partial charge in [-0.05, 0) is 33.6 Å². The molecule has 1 saturated heterocycles. The van der Waals surface area contributed by atoms with E-state index in [2.05, 4.69) is 4.74 Å². The molecule has 3 fully saturated rings. The largest absolute Gasteiger partial charge is 0.459 e. The molecule has 1 aliphatic heterocycles. The predicted molar refractivity (Wildman–Crippen MR) is 112 cm³/mol. The lowest BCUT2D eigenvalue weighted by Crippen LogP contribution is -2.45. The first-order valence-corrected chi connectivity index (χ1v) is 12.7. The van der Waals surface area contributed by atoms with E-state index in [1.54, 1.807) is 13.8 Å². The average molecular weight is 543 g/mol. The molecule has 7 unspecified atom stereocenters. The number of esters is 4. The summed E-state index contributed by atoms with van der Waals surface area (Å²) in [5.74, 6) is -5.89. The van der Waals surface area contributed by atoms with E-state index in [9.17, 15) is 36.4 Å². The van der Waals surface area contributed by atoms with E-state index in [1.165, 1.54) is 0 Å². The molecule has 2 saturated carbocycles. The molecule has 0 radical (unpaired) electrons. The number of halogens is 2. The van der Waals surface area contributed by atoms with E-state index < -0.39 is 94.1 Å². The fourth-order valence-electron chi connectivity index (χ4n) is 4.79. The Bertz CT molecular complexity index is 1030. The fraction of sp³-hybridized carbons (Fsp3) is 0.810. The minimum atomic E-state index is -5.82. The molecule has 3 aliphatic rings. The molecular formula is C21H28F2O12S. The van der Waals surface area contributed by atoms with Crippen LogP contribution < -0.4 is 0 Å². The van der Waals surface area contributed by atoms with Gasteiger partial charge in [0, 0.05) is 11.8 Å². The van der Waals surface area contributed by atoms with Crippen molar-refractivity contribution in [1.29, 1.82) is 0 Å². The molecule has 0 spiro atoms. The summed E-state index contributed by atoms with van der Waals surface area (Å²) in [5, 5.41) is -4.75. The molecule has 204 valence electrons. The number of carbonyl (C=O) groups is 4. The molecule has 2 bridgehead atoms. The molecule has 2 aliphatic carbocycles. The molecule has 12 nitrogen and oxygen atoms in total. The maximum Gasteiger partial charge on any atom is 0.405 e. The van der Waals surface area contributed by atoms with Crippen molar-refractivity contribution in [3.05, 3.63) is 0 Å². The van der Waals surface area contributed by atoms with Gasteiger partial charge >= 0.3 is 39.2 Å². The molecule has 0 aromatic heterocycles. The smallest absolute Gasteiger partial charge is 0.405 e. The van der Waals surface area contributed by atoms with Gasteiger partial charge in [0.15, 0.2) is 6.10 Å². The highest BCUT2D eigenvalue weighted by Crippen LogP contribution is 2.59. The molecule has 36 heavy (non-hydrogen) atoms. The first kappa shape index (κ1) is 28.2. The van der Waals surface area contributed by atoms with E-state index in [0.29, 0.717) is 19.8 Å². The third kappa shape index (κ3) is 5.32. The van der Waals surface area contributed by atoms with E-state index in [4.69, 9.17) is 23.5 Å². The fourth-order valence-corrected chi connectivity index (χ4v) is 5.26. The lowest BCUT2D eigenvalue weighted by molar-refractivity contribution is -0.176. The Morgan fingerprint density at radius 3 is 2.36 bits per heavy atom. The molecular weight excluding hydrogens is 514 g/mol. The normalized spacial score (nSPS) is 30.0. The van der Waals surface area contributed by atoms with Crippen molar-refractivity contribution in [2.24, 2.45) is 23.7 Å². The second-order valence-corrected chi connectivity index (χ2v) is 11.2. The number of hydrogen-bond acceptors (Lipinski definition) is 11. The van der Waals surface area contributed by atoms with Crippen molar-refractivity contribution in [2.75, 3.05) is 13.2 Å². The van der Waals surface area contributed by atoms with Crippen molar-refractivity contribution >= 4 is 34.0 Å². The van der Waals surface area contributed by atoms with Crippen molar-refractivity contribution < 1.29 is 64.6 Å². The van der Waals surface area contributed by atoms with Crippen LogP contribution >= 0.6 is 0 Å². The first-order chi connectivity index (χ1) is 16.5. The lowest BCUT2D eigenvalue weighted by Gasteiger charge is -2.32. The predicted octanol–water partition coefficient (Wildman–Crippen LogP) is 0.866. The van der Waals surface area contributed by atoms with Gasteiger partial charge < -0.3 is 23.7 Å². The van der Waals surface area contributed by atoms with Gasteiger partial charge in [-0.25, -0.2) is 9.59 Å². The van der Waals surface area contributed by atoms with Crippen LogP contribution in [-0.4, -0.2) is 79.2 Å². The van der Waals surface area contributed by atoms with E-state index in [1.807, 2.05) is 6.92 Å². The highest BCUT2D eigenvalue weighted by atomic mass is 32.2. The summed E-state index contributed by atoms with van der Waals surface area (Å²) in [6.45, 7) is 4.05. The molecule has 0 amide bonds. The second-order valence-electron chi connectivity index (χ2n) is 9.67. The number of fused-ring (bicyclic) bond motifs is 1. The quantitative estimate of drug-likeness (QED) is 0.222. The zero-order chi connectivity index (χ0) is 27.2. The summed E-state index contributed by atoms with van der Waals surface area (Å²) in [6.07, 6.45) is -3.23. The zero-order valence-corrected chi connectivity index (χ0v) is 20.8. The van der Waals surface area contributed by atoms with Gasteiger partial charge in [0.25, 0.3) is 0 Å². The van der Waals surface area contributed by atoms with Crippen molar-refractivity contribution in [1.82, 2.24) is 0 Å². The monoisotopic (exact) mass is 542 g/mol. The maximum atomic E-state index is 13.4. The lowest BCUT2D eigenvalue weighted by atomic mass is 9.78. The molecule has 0 aromatic carbocycles. The van der Waals surface area contributed by atoms with Crippen LogP contribution in [0, 0.1) is 23.7 Å². The third-order valence-electron chi connectivity index (χ3n) is 6.88. The molecule has 0 aromatic rings. The van der Waals surface area contributed by atoms with Gasteiger partial charge in [-0.15, -0.1) is 0 Å². The van der Waals surface area contributed by atoms with Crippen LogP contribution in [0.15, 0.2) is 0 Å². The van der Waals surface area contributed by atoms with Gasteiger partial charge in [0.2, 0.25) is 0 Å². The van der Waals surface area contributed by atoms with Crippen LogP contribution in [0.1, 0.15) is 40.5 Å². The summed E-state index contributed by atoms with van der Waals surface area (Å²) in [7, 11) is -5.82. The molecule has 7 atom stereocenters. The van der Waals surface area contributed by atoms with Gasteiger partial charge in [0.1, 0.15) is 31.0 Å². The highest BCUT2D eigenvalue weighted by Gasteiger charge is 2.70. The van der Waals surface area contributed by atoms with Crippen LogP contribution in [0.2, 0.25) is 0 Å². The van der Waals surface area contributed by atoms with E-state index in [0.717, 1.165) is 0 Å².